The standard InChI is InChI=1S/C26H23ClN4O3/c27-23-15-29-24-13-18(8-9-22(23)24)26(33)31(19-5-2-1-3-6-19)17-25(32)30-12-10-21(16-30)34-20-7-4-11-28-14-20/h1-9,11,13-15,21,29H,10,12,16-17H2/t21-/m1/s1. The number of carbonyl (C=O) groups excluding carboxylic acids is 2. The molecule has 1 N–H and O–H groups in total. The monoisotopic (exact) mass is 474 g/mol. The molecular formula is C26H23ClN4O3. The van der Waals surface area contributed by atoms with E-state index in [1.54, 1.807) is 35.6 Å². The molecule has 0 bridgehead atoms. The molecule has 172 valence electrons. The van der Waals surface area contributed by atoms with E-state index >= 15 is 0 Å². The van der Waals surface area contributed by atoms with Gasteiger partial charge in [-0.05, 0) is 36.4 Å². The highest BCUT2D eigenvalue weighted by molar-refractivity contribution is 6.35. The Bertz CT molecular complexity index is 1310. The van der Waals surface area contributed by atoms with Gasteiger partial charge < -0.3 is 14.6 Å². The molecule has 0 spiro atoms. The maximum Gasteiger partial charge on any atom is 0.258 e. The number of halogens is 1. The number of hydrogen-bond donors (Lipinski definition) is 1. The lowest BCUT2D eigenvalue weighted by molar-refractivity contribution is -0.128. The predicted octanol–water partition coefficient (Wildman–Crippen LogP) is 4.54. The fourth-order valence-electron chi connectivity index (χ4n) is 4.16. The molecule has 1 atom stereocenters. The molecule has 2 amide bonds. The van der Waals surface area contributed by atoms with Crippen LogP contribution < -0.4 is 9.64 Å². The van der Waals surface area contributed by atoms with Crippen molar-refractivity contribution in [3.63, 3.8) is 0 Å². The SMILES string of the molecule is O=C(CN(C(=O)c1ccc2c(Cl)c[nH]c2c1)c1ccccc1)N1CC[C@@H](Oc2cccnc2)C1. The first-order chi connectivity index (χ1) is 16.6. The number of carbonyl (C=O) groups is 2. The Kier molecular flexibility index (Phi) is 6.18. The Morgan fingerprint density at radius 1 is 1.15 bits per heavy atom. The highest BCUT2D eigenvalue weighted by Gasteiger charge is 2.30. The summed E-state index contributed by atoms with van der Waals surface area (Å²) in [5.41, 5.74) is 1.90. The number of anilines is 1. The zero-order valence-corrected chi connectivity index (χ0v) is 19.1. The van der Waals surface area contributed by atoms with E-state index in [1.165, 1.54) is 4.90 Å². The van der Waals surface area contributed by atoms with Crippen molar-refractivity contribution in [1.82, 2.24) is 14.9 Å². The van der Waals surface area contributed by atoms with Crippen LogP contribution in [-0.2, 0) is 4.79 Å². The van der Waals surface area contributed by atoms with E-state index in [4.69, 9.17) is 16.3 Å². The molecular weight excluding hydrogens is 452 g/mol. The third-order valence-corrected chi connectivity index (χ3v) is 6.23. The topological polar surface area (TPSA) is 78.5 Å². The second-order valence-corrected chi connectivity index (χ2v) is 8.59. The van der Waals surface area contributed by atoms with Gasteiger partial charge in [-0.2, -0.15) is 0 Å². The molecule has 0 aliphatic carbocycles. The lowest BCUT2D eigenvalue weighted by Crippen LogP contribution is -2.42. The summed E-state index contributed by atoms with van der Waals surface area (Å²) in [6, 6.07) is 18.2. The Hall–Kier alpha value is -3.84. The fraction of sp³-hybridized carbons (Fsp3) is 0.192. The van der Waals surface area contributed by atoms with E-state index < -0.39 is 0 Å². The number of hydrogen-bond acceptors (Lipinski definition) is 4. The van der Waals surface area contributed by atoms with Gasteiger partial charge in [-0.25, -0.2) is 0 Å². The molecule has 1 saturated heterocycles. The third-order valence-electron chi connectivity index (χ3n) is 5.92. The van der Waals surface area contributed by atoms with Gasteiger partial charge in [-0.1, -0.05) is 35.9 Å². The van der Waals surface area contributed by atoms with Crippen LogP contribution in [0.25, 0.3) is 10.9 Å². The van der Waals surface area contributed by atoms with Gasteiger partial charge in [0.15, 0.2) is 0 Å². The second kappa shape index (κ2) is 9.57. The molecule has 0 saturated carbocycles. The van der Waals surface area contributed by atoms with Crippen molar-refractivity contribution in [1.29, 1.82) is 0 Å². The van der Waals surface area contributed by atoms with Gasteiger partial charge in [0.05, 0.1) is 17.8 Å². The largest absolute Gasteiger partial charge is 0.487 e. The fourth-order valence-corrected chi connectivity index (χ4v) is 4.38. The number of pyridine rings is 1. The summed E-state index contributed by atoms with van der Waals surface area (Å²) in [7, 11) is 0. The summed E-state index contributed by atoms with van der Waals surface area (Å²) in [4.78, 5) is 37.2. The summed E-state index contributed by atoms with van der Waals surface area (Å²) in [6.07, 6.45) is 5.66. The Morgan fingerprint density at radius 2 is 2.00 bits per heavy atom. The molecule has 5 rings (SSSR count). The molecule has 2 aromatic carbocycles. The van der Waals surface area contributed by atoms with Crippen molar-refractivity contribution in [2.75, 3.05) is 24.5 Å². The normalized spacial score (nSPS) is 15.4. The number of likely N-dealkylation sites (tertiary alicyclic amines) is 1. The minimum atomic E-state index is -0.255. The van der Waals surface area contributed by atoms with E-state index in [1.807, 2.05) is 48.5 Å². The number of amides is 2. The molecule has 8 heteroatoms. The number of rotatable bonds is 6. The number of benzene rings is 2. The summed E-state index contributed by atoms with van der Waals surface area (Å²) in [5, 5.41) is 1.44. The first-order valence-electron chi connectivity index (χ1n) is 11.1. The van der Waals surface area contributed by atoms with Crippen LogP contribution in [0.1, 0.15) is 16.8 Å². The molecule has 1 aliphatic heterocycles. The van der Waals surface area contributed by atoms with Gasteiger partial charge in [-0.3, -0.25) is 19.5 Å². The minimum Gasteiger partial charge on any atom is -0.487 e. The van der Waals surface area contributed by atoms with Crippen LogP contribution in [0.3, 0.4) is 0 Å². The lowest BCUT2D eigenvalue weighted by atomic mass is 10.1. The van der Waals surface area contributed by atoms with Crippen molar-refractivity contribution in [2.45, 2.75) is 12.5 Å². The van der Waals surface area contributed by atoms with Crippen LogP contribution in [0, 0.1) is 0 Å². The molecule has 0 unspecified atom stereocenters. The number of para-hydroxylation sites is 1. The van der Waals surface area contributed by atoms with E-state index in [2.05, 4.69) is 9.97 Å². The Balaban J connectivity index is 1.33. The van der Waals surface area contributed by atoms with E-state index in [0.717, 1.165) is 17.3 Å². The summed E-state index contributed by atoms with van der Waals surface area (Å²) in [6.45, 7) is 0.983. The quantitative estimate of drug-likeness (QED) is 0.445. The number of H-pyrrole nitrogens is 1. The number of fused-ring (bicyclic) bond motifs is 1. The van der Waals surface area contributed by atoms with Crippen LogP contribution in [0.2, 0.25) is 5.02 Å². The minimum absolute atomic E-state index is 0.0635. The van der Waals surface area contributed by atoms with Crippen molar-refractivity contribution >= 4 is 40.0 Å². The van der Waals surface area contributed by atoms with E-state index in [0.29, 0.717) is 35.1 Å². The molecule has 1 aliphatic rings. The molecule has 3 heterocycles. The van der Waals surface area contributed by atoms with Crippen molar-refractivity contribution in [3.8, 4) is 5.75 Å². The first kappa shape index (κ1) is 22.0. The average molecular weight is 475 g/mol. The van der Waals surface area contributed by atoms with Crippen LogP contribution in [0.15, 0.2) is 79.3 Å². The van der Waals surface area contributed by atoms with Crippen molar-refractivity contribution in [2.24, 2.45) is 0 Å². The molecule has 7 nitrogen and oxygen atoms in total. The van der Waals surface area contributed by atoms with Crippen LogP contribution in [-0.4, -0.2) is 52.4 Å². The molecule has 2 aromatic heterocycles. The van der Waals surface area contributed by atoms with Crippen LogP contribution in [0.5, 0.6) is 5.75 Å². The van der Waals surface area contributed by atoms with E-state index in [-0.39, 0.29) is 24.5 Å². The molecule has 0 radical (unpaired) electrons. The maximum absolute atomic E-state index is 13.5. The van der Waals surface area contributed by atoms with E-state index in [9.17, 15) is 9.59 Å². The summed E-state index contributed by atoms with van der Waals surface area (Å²) >= 11 is 6.18. The van der Waals surface area contributed by atoms with Gasteiger partial charge in [0.2, 0.25) is 5.91 Å². The number of nitrogens with one attached hydrogen (secondary N) is 1. The van der Waals surface area contributed by atoms with Crippen molar-refractivity contribution < 1.29 is 14.3 Å². The second-order valence-electron chi connectivity index (χ2n) is 8.18. The lowest BCUT2D eigenvalue weighted by Gasteiger charge is -2.25. The summed E-state index contributed by atoms with van der Waals surface area (Å²) < 4.78 is 5.95. The maximum atomic E-state index is 13.5. The smallest absolute Gasteiger partial charge is 0.258 e. The van der Waals surface area contributed by atoms with Gasteiger partial charge in [0.1, 0.15) is 18.4 Å². The first-order valence-corrected chi connectivity index (χ1v) is 11.4. The zero-order chi connectivity index (χ0) is 23.5. The zero-order valence-electron chi connectivity index (χ0n) is 18.4. The summed E-state index contributed by atoms with van der Waals surface area (Å²) in [5.74, 6) is 0.302. The average Bonchev–Trinajstić information content (AvgIpc) is 3.49. The molecule has 34 heavy (non-hydrogen) atoms. The highest BCUT2D eigenvalue weighted by atomic mass is 35.5. The number of nitrogens with zero attached hydrogens (tertiary/aromatic N) is 3. The molecule has 4 aromatic rings. The molecule has 1 fully saturated rings. The van der Waals surface area contributed by atoms with Gasteiger partial charge in [-0.15, -0.1) is 0 Å². The Labute approximate surface area is 201 Å². The van der Waals surface area contributed by atoms with Gasteiger partial charge in [0, 0.05) is 47.5 Å². The van der Waals surface area contributed by atoms with Gasteiger partial charge in [0.25, 0.3) is 5.91 Å². The number of ether oxygens (including phenoxy) is 1. The Morgan fingerprint density at radius 3 is 2.79 bits per heavy atom. The van der Waals surface area contributed by atoms with Crippen LogP contribution in [0.4, 0.5) is 5.69 Å². The highest BCUT2D eigenvalue weighted by Crippen LogP contribution is 2.26. The van der Waals surface area contributed by atoms with Crippen LogP contribution >= 0.6 is 11.6 Å². The number of aromatic amines is 1. The van der Waals surface area contributed by atoms with Crippen molar-refractivity contribution in [3.05, 3.63) is 89.8 Å². The predicted molar refractivity (Wildman–Crippen MR) is 131 cm³/mol. The third kappa shape index (κ3) is 4.61. The number of aromatic nitrogens is 2. The van der Waals surface area contributed by atoms with Gasteiger partial charge >= 0.3 is 0 Å².